The minimum absolute atomic E-state index is 0.121. The largest absolute Gasteiger partial charge is 0.467 e. The summed E-state index contributed by atoms with van der Waals surface area (Å²) in [7, 11) is 0. The maximum atomic E-state index is 11.7. The minimum atomic E-state index is 0.121. The van der Waals surface area contributed by atoms with Crippen molar-refractivity contribution in [1.29, 1.82) is 0 Å². The third-order valence-electron chi connectivity index (χ3n) is 3.04. The van der Waals surface area contributed by atoms with Gasteiger partial charge in [-0.3, -0.25) is 4.79 Å². The van der Waals surface area contributed by atoms with Crippen LogP contribution >= 0.6 is 11.8 Å². The van der Waals surface area contributed by atoms with Gasteiger partial charge in [-0.25, -0.2) is 0 Å². The molecular weight excluding hydrogens is 276 g/mol. The van der Waals surface area contributed by atoms with E-state index in [1.807, 2.05) is 23.9 Å². The number of hydrogen-bond acceptors (Lipinski definition) is 5. The maximum absolute atomic E-state index is 11.7. The Hall–Kier alpha value is -0.980. The van der Waals surface area contributed by atoms with Gasteiger partial charge >= 0.3 is 0 Å². The zero-order valence-electron chi connectivity index (χ0n) is 11.6. The molecule has 0 aliphatic carbocycles. The van der Waals surface area contributed by atoms with Crippen molar-refractivity contribution in [3.63, 3.8) is 0 Å². The Morgan fingerprint density at radius 1 is 1.60 bits per heavy atom. The van der Waals surface area contributed by atoms with E-state index >= 15 is 0 Å². The molecule has 1 atom stereocenters. The van der Waals surface area contributed by atoms with E-state index in [4.69, 9.17) is 9.15 Å². The highest BCUT2D eigenvalue weighted by molar-refractivity contribution is 7.99. The van der Waals surface area contributed by atoms with Gasteiger partial charge in [0.15, 0.2) is 0 Å². The van der Waals surface area contributed by atoms with Gasteiger partial charge in [-0.05, 0) is 18.6 Å². The molecule has 1 unspecified atom stereocenters. The van der Waals surface area contributed by atoms with Crippen LogP contribution < -0.4 is 10.6 Å². The molecule has 0 aromatic carbocycles. The summed E-state index contributed by atoms with van der Waals surface area (Å²) in [4.78, 5) is 11.7. The van der Waals surface area contributed by atoms with E-state index in [0.29, 0.717) is 32.2 Å². The van der Waals surface area contributed by atoms with Crippen molar-refractivity contribution in [1.82, 2.24) is 10.6 Å². The van der Waals surface area contributed by atoms with Gasteiger partial charge in [0.2, 0.25) is 5.91 Å². The molecule has 1 aromatic rings. The second-order valence-corrected chi connectivity index (χ2v) is 5.92. The molecule has 1 saturated heterocycles. The molecule has 0 spiro atoms. The van der Waals surface area contributed by atoms with Crippen LogP contribution in [-0.2, 0) is 16.1 Å². The van der Waals surface area contributed by atoms with Gasteiger partial charge in [0.05, 0.1) is 6.26 Å². The summed E-state index contributed by atoms with van der Waals surface area (Å²) in [5.74, 6) is 3.12. The van der Waals surface area contributed by atoms with E-state index in [2.05, 4.69) is 10.6 Å². The number of hydrogen-bond donors (Lipinski definition) is 2. The molecule has 2 heterocycles. The summed E-state index contributed by atoms with van der Waals surface area (Å²) >= 11 is 1.91. The van der Waals surface area contributed by atoms with Crippen LogP contribution in [0.25, 0.3) is 0 Å². The smallest absolute Gasteiger partial charge is 0.221 e. The number of furan rings is 1. The van der Waals surface area contributed by atoms with E-state index in [1.165, 1.54) is 0 Å². The zero-order chi connectivity index (χ0) is 14.0. The van der Waals surface area contributed by atoms with Crippen molar-refractivity contribution in [2.24, 2.45) is 0 Å². The summed E-state index contributed by atoms with van der Waals surface area (Å²) in [6.07, 6.45) is 3.02. The monoisotopic (exact) mass is 298 g/mol. The van der Waals surface area contributed by atoms with Gasteiger partial charge in [-0.15, -0.1) is 0 Å². The van der Waals surface area contributed by atoms with Crippen LogP contribution in [0.2, 0.25) is 0 Å². The summed E-state index contributed by atoms with van der Waals surface area (Å²) in [5.41, 5.74) is 0. The van der Waals surface area contributed by atoms with Gasteiger partial charge in [-0.2, -0.15) is 11.8 Å². The number of carbonyl (C=O) groups is 1. The van der Waals surface area contributed by atoms with Crippen LogP contribution in [0.5, 0.6) is 0 Å². The van der Waals surface area contributed by atoms with Crippen molar-refractivity contribution < 1.29 is 13.9 Å². The highest BCUT2D eigenvalue weighted by atomic mass is 32.2. The molecule has 1 amide bonds. The second kappa shape index (κ2) is 9.05. The fourth-order valence-corrected chi connectivity index (χ4v) is 2.97. The molecule has 5 nitrogen and oxygen atoms in total. The number of nitrogens with one attached hydrogen (secondary N) is 2. The summed E-state index contributed by atoms with van der Waals surface area (Å²) in [6.45, 7) is 2.78. The van der Waals surface area contributed by atoms with E-state index in [-0.39, 0.29) is 5.91 Å². The van der Waals surface area contributed by atoms with Crippen LogP contribution in [0.4, 0.5) is 0 Å². The molecule has 2 N–H and O–H groups in total. The van der Waals surface area contributed by atoms with Crippen molar-refractivity contribution in [3.05, 3.63) is 24.2 Å². The Balaban J connectivity index is 1.45. The summed E-state index contributed by atoms with van der Waals surface area (Å²) < 4.78 is 10.6. The highest BCUT2D eigenvalue weighted by Crippen LogP contribution is 2.09. The SMILES string of the molecule is O=C(CC1CSCCN1)NCCCOCc1ccco1. The Labute approximate surface area is 123 Å². The predicted octanol–water partition coefficient (Wildman–Crippen LogP) is 1.40. The lowest BCUT2D eigenvalue weighted by molar-refractivity contribution is -0.121. The van der Waals surface area contributed by atoms with Crippen LogP contribution in [0, 0.1) is 0 Å². The van der Waals surface area contributed by atoms with Crippen molar-refractivity contribution in [2.75, 3.05) is 31.2 Å². The average molecular weight is 298 g/mol. The highest BCUT2D eigenvalue weighted by Gasteiger charge is 2.16. The van der Waals surface area contributed by atoms with E-state index < -0.39 is 0 Å². The van der Waals surface area contributed by atoms with Gasteiger partial charge in [0.1, 0.15) is 12.4 Å². The molecule has 0 bridgehead atoms. The Bertz CT molecular complexity index is 378. The lowest BCUT2D eigenvalue weighted by atomic mass is 10.2. The molecule has 1 aromatic heterocycles. The fraction of sp³-hybridized carbons (Fsp3) is 0.643. The van der Waals surface area contributed by atoms with Gasteiger partial charge < -0.3 is 19.8 Å². The molecule has 0 saturated carbocycles. The fourth-order valence-electron chi connectivity index (χ4n) is 2.02. The second-order valence-electron chi connectivity index (χ2n) is 4.77. The number of carbonyl (C=O) groups excluding carboxylic acids is 1. The Morgan fingerprint density at radius 2 is 2.55 bits per heavy atom. The van der Waals surface area contributed by atoms with Gasteiger partial charge in [0.25, 0.3) is 0 Å². The predicted molar refractivity (Wildman–Crippen MR) is 79.7 cm³/mol. The average Bonchev–Trinajstić information content (AvgIpc) is 2.97. The third-order valence-corrected chi connectivity index (χ3v) is 4.17. The molecule has 1 aliphatic rings. The number of ether oxygens (including phenoxy) is 1. The zero-order valence-corrected chi connectivity index (χ0v) is 12.4. The molecule has 20 heavy (non-hydrogen) atoms. The van der Waals surface area contributed by atoms with Crippen LogP contribution in [-0.4, -0.2) is 43.2 Å². The summed E-state index contributed by atoms with van der Waals surface area (Å²) in [5, 5.41) is 6.29. The minimum Gasteiger partial charge on any atom is -0.467 e. The van der Waals surface area contributed by atoms with Crippen molar-refractivity contribution in [3.8, 4) is 0 Å². The lowest BCUT2D eigenvalue weighted by Crippen LogP contribution is -2.41. The van der Waals surface area contributed by atoms with E-state index in [9.17, 15) is 4.79 Å². The normalized spacial score (nSPS) is 18.9. The standard InChI is InChI=1S/C14H22N2O3S/c17-14(9-12-11-20-8-5-15-12)16-4-2-6-18-10-13-3-1-7-19-13/h1,3,7,12,15H,2,4-6,8-11H2,(H,16,17). The Morgan fingerprint density at radius 3 is 3.30 bits per heavy atom. The maximum Gasteiger partial charge on any atom is 0.221 e. The molecule has 112 valence electrons. The quantitative estimate of drug-likeness (QED) is 0.710. The summed E-state index contributed by atoms with van der Waals surface area (Å²) in [6, 6.07) is 4.05. The third kappa shape index (κ3) is 5.98. The number of amides is 1. The molecule has 2 rings (SSSR count). The van der Waals surface area contributed by atoms with Crippen LogP contribution in [0.3, 0.4) is 0 Å². The molecule has 6 heteroatoms. The Kier molecular flexibility index (Phi) is 6.97. The first kappa shape index (κ1) is 15.4. The van der Waals surface area contributed by atoms with Crippen molar-refractivity contribution in [2.45, 2.75) is 25.5 Å². The lowest BCUT2D eigenvalue weighted by Gasteiger charge is -2.22. The van der Waals surface area contributed by atoms with Gasteiger partial charge in [0, 0.05) is 43.7 Å². The number of rotatable bonds is 8. The number of thioether (sulfide) groups is 1. The molecule has 1 fully saturated rings. The van der Waals surface area contributed by atoms with Crippen molar-refractivity contribution >= 4 is 17.7 Å². The first-order valence-corrected chi connectivity index (χ1v) is 8.18. The van der Waals surface area contributed by atoms with E-state index in [0.717, 1.165) is 30.2 Å². The molecular formula is C14H22N2O3S. The topological polar surface area (TPSA) is 63.5 Å². The first-order valence-electron chi connectivity index (χ1n) is 7.02. The van der Waals surface area contributed by atoms with Crippen LogP contribution in [0.15, 0.2) is 22.8 Å². The van der Waals surface area contributed by atoms with Crippen LogP contribution in [0.1, 0.15) is 18.6 Å². The first-order chi connectivity index (χ1) is 9.84. The molecule has 1 aliphatic heterocycles. The van der Waals surface area contributed by atoms with Gasteiger partial charge in [-0.1, -0.05) is 0 Å². The molecule has 0 radical (unpaired) electrons. The van der Waals surface area contributed by atoms with E-state index in [1.54, 1.807) is 6.26 Å².